The van der Waals surface area contributed by atoms with Crippen molar-refractivity contribution >= 4 is 28.3 Å². The van der Waals surface area contributed by atoms with Gasteiger partial charge in [-0.05, 0) is 22.6 Å². The van der Waals surface area contributed by atoms with Crippen molar-refractivity contribution in [3.63, 3.8) is 0 Å². The van der Waals surface area contributed by atoms with Gasteiger partial charge < -0.3 is 14.2 Å². The molecule has 0 aliphatic carbocycles. The number of hydrogen-bond acceptors (Lipinski definition) is 5. The number of nitro groups is 1. The molecule has 1 aromatic carbocycles. The first kappa shape index (κ1) is 12.8. The van der Waals surface area contributed by atoms with Crippen molar-refractivity contribution in [3.05, 3.63) is 19.8 Å². The van der Waals surface area contributed by atoms with Crippen molar-refractivity contribution in [2.24, 2.45) is 0 Å². The molecule has 0 heterocycles. The highest BCUT2D eigenvalue weighted by Crippen LogP contribution is 2.44. The highest BCUT2D eigenvalue weighted by Gasteiger charge is 2.26. The Labute approximate surface area is 106 Å². The lowest BCUT2D eigenvalue weighted by Gasteiger charge is -2.11. The zero-order valence-corrected chi connectivity index (χ0v) is 11.1. The Bertz CT molecular complexity index is 421. The molecule has 0 radical (unpaired) electrons. The van der Waals surface area contributed by atoms with Crippen LogP contribution in [0.1, 0.15) is 0 Å². The van der Waals surface area contributed by atoms with Crippen LogP contribution in [0.4, 0.5) is 5.69 Å². The molecule has 0 aliphatic heterocycles. The Morgan fingerprint density at radius 1 is 1.19 bits per heavy atom. The summed E-state index contributed by atoms with van der Waals surface area (Å²) >= 11 is 1.83. The van der Waals surface area contributed by atoms with E-state index < -0.39 is 4.92 Å². The van der Waals surface area contributed by atoms with Crippen molar-refractivity contribution in [1.82, 2.24) is 0 Å². The van der Waals surface area contributed by atoms with Crippen LogP contribution in [0.25, 0.3) is 0 Å². The molecule has 0 aliphatic rings. The van der Waals surface area contributed by atoms with Gasteiger partial charge in [-0.15, -0.1) is 0 Å². The lowest BCUT2D eigenvalue weighted by Crippen LogP contribution is -2.01. The average molecular weight is 339 g/mol. The van der Waals surface area contributed by atoms with E-state index in [0.717, 1.165) is 0 Å². The van der Waals surface area contributed by atoms with Crippen molar-refractivity contribution in [1.29, 1.82) is 0 Å². The number of rotatable bonds is 4. The Hall–Kier alpha value is -1.25. The first-order valence-corrected chi connectivity index (χ1v) is 5.27. The van der Waals surface area contributed by atoms with E-state index in [0.29, 0.717) is 15.1 Å². The van der Waals surface area contributed by atoms with E-state index in [9.17, 15) is 10.1 Å². The molecule has 0 amide bonds. The number of benzene rings is 1. The molecular formula is C9H10INO5. The molecule has 0 aromatic heterocycles. The third-order valence-corrected chi connectivity index (χ3v) is 2.95. The highest BCUT2D eigenvalue weighted by molar-refractivity contribution is 14.1. The molecule has 0 atom stereocenters. The van der Waals surface area contributed by atoms with Gasteiger partial charge in [-0.1, -0.05) is 0 Å². The first-order chi connectivity index (χ1) is 7.56. The van der Waals surface area contributed by atoms with E-state index in [1.54, 1.807) is 0 Å². The van der Waals surface area contributed by atoms with E-state index in [4.69, 9.17) is 14.2 Å². The molecule has 0 unspecified atom stereocenters. The molecular weight excluding hydrogens is 329 g/mol. The van der Waals surface area contributed by atoms with Crippen LogP contribution in [0.5, 0.6) is 17.2 Å². The molecule has 88 valence electrons. The fourth-order valence-electron chi connectivity index (χ4n) is 1.24. The Morgan fingerprint density at radius 3 is 2.12 bits per heavy atom. The minimum Gasteiger partial charge on any atom is -0.493 e. The van der Waals surface area contributed by atoms with Gasteiger partial charge >= 0.3 is 5.69 Å². The smallest absolute Gasteiger partial charge is 0.328 e. The van der Waals surface area contributed by atoms with E-state index in [-0.39, 0.29) is 11.4 Å². The maximum atomic E-state index is 10.9. The molecule has 0 bridgehead atoms. The Balaban J connectivity index is 3.55. The minimum absolute atomic E-state index is 0.124. The minimum atomic E-state index is -0.511. The van der Waals surface area contributed by atoms with Crippen LogP contribution in [0, 0.1) is 13.7 Å². The normalized spacial score (nSPS) is 9.75. The van der Waals surface area contributed by atoms with Gasteiger partial charge in [0.2, 0.25) is 5.75 Å². The topological polar surface area (TPSA) is 70.8 Å². The molecule has 1 aromatic rings. The van der Waals surface area contributed by atoms with Gasteiger partial charge in [0.05, 0.1) is 26.3 Å². The summed E-state index contributed by atoms with van der Waals surface area (Å²) in [5, 5.41) is 10.9. The van der Waals surface area contributed by atoms with Gasteiger partial charge in [-0.2, -0.15) is 0 Å². The number of nitrogens with zero attached hydrogens (tertiary/aromatic N) is 1. The molecule has 0 saturated carbocycles. The maximum Gasteiger partial charge on any atom is 0.328 e. The van der Waals surface area contributed by atoms with E-state index in [1.807, 2.05) is 22.6 Å². The molecule has 7 heteroatoms. The molecule has 1 rings (SSSR count). The highest BCUT2D eigenvalue weighted by atomic mass is 127. The summed E-state index contributed by atoms with van der Waals surface area (Å²) in [5.74, 6) is 0.872. The second-order valence-corrected chi connectivity index (χ2v) is 3.81. The lowest BCUT2D eigenvalue weighted by atomic mass is 10.2. The Morgan fingerprint density at radius 2 is 1.75 bits per heavy atom. The molecule has 0 N–H and O–H groups in total. The fourth-order valence-corrected chi connectivity index (χ4v) is 2.19. The Kier molecular flexibility index (Phi) is 4.16. The molecule has 6 nitrogen and oxygen atoms in total. The quantitative estimate of drug-likeness (QED) is 0.478. The average Bonchev–Trinajstić information content (AvgIpc) is 2.26. The first-order valence-electron chi connectivity index (χ1n) is 4.19. The number of ether oxygens (including phenoxy) is 3. The van der Waals surface area contributed by atoms with Gasteiger partial charge in [0.25, 0.3) is 0 Å². The van der Waals surface area contributed by atoms with Crippen LogP contribution in [-0.4, -0.2) is 26.3 Å². The summed E-state index contributed by atoms with van der Waals surface area (Å²) in [6.45, 7) is 0. The summed E-state index contributed by atoms with van der Waals surface area (Å²) in [4.78, 5) is 10.4. The van der Waals surface area contributed by atoms with Crippen LogP contribution in [0.15, 0.2) is 6.07 Å². The summed E-state index contributed by atoms with van der Waals surface area (Å²) in [5.41, 5.74) is -0.124. The number of nitro benzene ring substituents is 1. The predicted octanol–water partition coefficient (Wildman–Crippen LogP) is 2.23. The number of methoxy groups -OCH3 is 3. The molecule has 0 saturated heterocycles. The van der Waals surface area contributed by atoms with Crippen molar-refractivity contribution in [2.75, 3.05) is 21.3 Å². The van der Waals surface area contributed by atoms with Crippen LogP contribution < -0.4 is 14.2 Å². The number of halogens is 1. The predicted molar refractivity (Wildman–Crippen MR) is 65.5 cm³/mol. The standard InChI is InChI=1S/C9H10INO5/c1-14-5-4-6(15-2)9(16-3)7(10)8(5)11(12)13/h4H,1-3H3. The van der Waals surface area contributed by atoms with Gasteiger partial charge in [-0.3, -0.25) is 10.1 Å². The zero-order chi connectivity index (χ0) is 12.3. The third kappa shape index (κ3) is 2.13. The molecule has 0 fully saturated rings. The zero-order valence-electron chi connectivity index (χ0n) is 8.94. The SMILES string of the molecule is COc1cc(OC)c([N+](=O)[O-])c(I)c1OC. The second-order valence-electron chi connectivity index (χ2n) is 2.73. The van der Waals surface area contributed by atoms with Gasteiger partial charge in [0, 0.05) is 6.07 Å². The summed E-state index contributed by atoms with van der Waals surface area (Å²) < 4.78 is 15.4. The van der Waals surface area contributed by atoms with Crippen LogP contribution in [-0.2, 0) is 0 Å². The van der Waals surface area contributed by atoms with E-state index in [1.165, 1.54) is 27.4 Å². The van der Waals surface area contributed by atoms with Crippen molar-refractivity contribution in [3.8, 4) is 17.2 Å². The van der Waals surface area contributed by atoms with Gasteiger partial charge in [-0.25, -0.2) is 0 Å². The van der Waals surface area contributed by atoms with Gasteiger partial charge in [0.15, 0.2) is 11.5 Å². The lowest BCUT2D eigenvalue weighted by molar-refractivity contribution is -0.386. The monoisotopic (exact) mass is 339 g/mol. The van der Waals surface area contributed by atoms with Crippen LogP contribution in [0.2, 0.25) is 0 Å². The van der Waals surface area contributed by atoms with Gasteiger partial charge in [0.1, 0.15) is 3.57 Å². The van der Waals surface area contributed by atoms with E-state index in [2.05, 4.69) is 0 Å². The largest absolute Gasteiger partial charge is 0.493 e. The van der Waals surface area contributed by atoms with Crippen molar-refractivity contribution in [2.45, 2.75) is 0 Å². The maximum absolute atomic E-state index is 10.9. The fraction of sp³-hybridized carbons (Fsp3) is 0.333. The summed E-state index contributed by atoms with van der Waals surface area (Å²) in [6, 6.07) is 1.43. The number of hydrogen-bond donors (Lipinski definition) is 0. The summed E-state index contributed by atoms with van der Waals surface area (Å²) in [6.07, 6.45) is 0. The third-order valence-electron chi connectivity index (χ3n) is 1.95. The van der Waals surface area contributed by atoms with Crippen LogP contribution in [0.3, 0.4) is 0 Å². The van der Waals surface area contributed by atoms with Crippen LogP contribution >= 0.6 is 22.6 Å². The second kappa shape index (κ2) is 5.19. The van der Waals surface area contributed by atoms with E-state index >= 15 is 0 Å². The molecule has 0 spiro atoms. The van der Waals surface area contributed by atoms with Crippen molar-refractivity contribution < 1.29 is 19.1 Å². The summed E-state index contributed by atoms with van der Waals surface area (Å²) in [7, 11) is 4.25. The molecule has 16 heavy (non-hydrogen) atoms.